The molecule has 0 amide bonds. The van der Waals surface area contributed by atoms with Crippen LogP contribution < -0.4 is 0 Å². The van der Waals surface area contributed by atoms with Gasteiger partial charge in [0, 0.05) is 32.1 Å². The van der Waals surface area contributed by atoms with Gasteiger partial charge in [-0.05, 0) is 51.6 Å². The molecule has 0 aromatic rings. The molecule has 1 heterocycles. The largest absolute Gasteiger partial charge is 0.385 e. The number of rotatable bonds is 6. The number of unbranched alkanes of at least 4 members (excludes halogenated alkanes) is 1. The summed E-state index contributed by atoms with van der Waals surface area (Å²) < 4.78 is 5.10. The molecule has 3 heteroatoms. The van der Waals surface area contributed by atoms with E-state index < -0.39 is 0 Å². The Balaban J connectivity index is 1.83. The number of carbonyl (C=O) groups is 1. The van der Waals surface area contributed by atoms with Crippen LogP contribution >= 0.6 is 0 Å². The molecule has 0 aromatic carbocycles. The zero-order valence-corrected chi connectivity index (χ0v) is 11.7. The summed E-state index contributed by atoms with van der Waals surface area (Å²) in [6.45, 7) is 3.21. The van der Waals surface area contributed by atoms with Crippen molar-refractivity contribution in [1.29, 1.82) is 0 Å². The van der Waals surface area contributed by atoms with Crippen LogP contribution in [0.25, 0.3) is 0 Å². The van der Waals surface area contributed by atoms with E-state index in [4.69, 9.17) is 4.74 Å². The maximum atomic E-state index is 11.9. The van der Waals surface area contributed by atoms with Crippen LogP contribution in [0.5, 0.6) is 0 Å². The van der Waals surface area contributed by atoms with Crippen LogP contribution in [-0.4, -0.2) is 43.5 Å². The number of ether oxygens (including phenoxy) is 1. The summed E-state index contributed by atoms with van der Waals surface area (Å²) in [6, 6.07) is 0.552. The van der Waals surface area contributed by atoms with Crippen molar-refractivity contribution in [3.8, 4) is 0 Å². The number of Topliss-reactive ketones (excluding diaryl/α,β-unsaturated/α-hetero) is 1. The Kier molecular flexibility index (Phi) is 5.64. The van der Waals surface area contributed by atoms with E-state index in [0.29, 0.717) is 17.7 Å². The summed E-state index contributed by atoms with van der Waals surface area (Å²) in [5.41, 5.74) is 0. The van der Waals surface area contributed by atoms with Gasteiger partial charge >= 0.3 is 0 Å². The van der Waals surface area contributed by atoms with Gasteiger partial charge in [-0.15, -0.1) is 0 Å². The molecule has 0 N–H and O–H groups in total. The molecule has 1 saturated carbocycles. The molecular formula is C15H27NO2. The monoisotopic (exact) mass is 253 g/mol. The number of ketones is 1. The van der Waals surface area contributed by atoms with Gasteiger partial charge in [-0.3, -0.25) is 9.69 Å². The van der Waals surface area contributed by atoms with Gasteiger partial charge in [0.15, 0.2) is 0 Å². The number of likely N-dealkylation sites (tertiary alicyclic amines) is 1. The molecule has 1 aliphatic heterocycles. The van der Waals surface area contributed by atoms with Crippen LogP contribution in [0.3, 0.4) is 0 Å². The van der Waals surface area contributed by atoms with E-state index >= 15 is 0 Å². The van der Waals surface area contributed by atoms with E-state index in [2.05, 4.69) is 4.90 Å². The molecule has 0 spiro atoms. The summed E-state index contributed by atoms with van der Waals surface area (Å²) >= 11 is 0. The molecule has 104 valence electrons. The summed E-state index contributed by atoms with van der Waals surface area (Å²) in [5, 5.41) is 0. The number of methoxy groups -OCH3 is 1. The summed E-state index contributed by atoms with van der Waals surface area (Å²) in [5.74, 6) is 0.886. The average Bonchev–Trinajstić information content (AvgIpc) is 2.81. The van der Waals surface area contributed by atoms with Crippen molar-refractivity contribution in [2.24, 2.45) is 5.92 Å². The van der Waals surface area contributed by atoms with E-state index in [1.807, 2.05) is 0 Å². The van der Waals surface area contributed by atoms with Crippen LogP contribution in [0.2, 0.25) is 0 Å². The minimum atomic E-state index is 0.354. The first-order valence-electron chi connectivity index (χ1n) is 7.58. The number of carbonyl (C=O) groups excluding carboxylic acids is 1. The molecule has 2 atom stereocenters. The Morgan fingerprint density at radius 1 is 1.22 bits per heavy atom. The summed E-state index contributed by atoms with van der Waals surface area (Å²) in [7, 11) is 1.76. The topological polar surface area (TPSA) is 29.5 Å². The highest BCUT2D eigenvalue weighted by atomic mass is 16.5. The molecule has 18 heavy (non-hydrogen) atoms. The molecule has 2 aliphatic rings. The van der Waals surface area contributed by atoms with Crippen molar-refractivity contribution < 1.29 is 9.53 Å². The van der Waals surface area contributed by atoms with Gasteiger partial charge in [0.05, 0.1) is 0 Å². The highest BCUT2D eigenvalue weighted by molar-refractivity contribution is 5.83. The zero-order chi connectivity index (χ0) is 12.8. The molecule has 1 saturated heterocycles. The van der Waals surface area contributed by atoms with Crippen molar-refractivity contribution in [2.75, 3.05) is 26.8 Å². The Bertz CT molecular complexity index is 267. The van der Waals surface area contributed by atoms with Crippen LogP contribution in [0.15, 0.2) is 0 Å². The second-order valence-corrected chi connectivity index (χ2v) is 5.76. The standard InChI is InChI=1S/C15H27NO2/c1-18-12-5-4-11-16-10-3-2-8-14(16)13-7-6-9-15(13)17/h13-14H,2-12H2,1H3. The Labute approximate surface area is 111 Å². The van der Waals surface area contributed by atoms with E-state index in [9.17, 15) is 4.79 Å². The molecule has 0 radical (unpaired) electrons. The minimum Gasteiger partial charge on any atom is -0.385 e. The van der Waals surface area contributed by atoms with Crippen LogP contribution in [0, 0.1) is 5.92 Å². The third-order valence-electron chi connectivity index (χ3n) is 4.52. The van der Waals surface area contributed by atoms with E-state index in [1.54, 1.807) is 7.11 Å². The fourth-order valence-electron chi connectivity index (χ4n) is 3.56. The van der Waals surface area contributed by atoms with E-state index in [-0.39, 0.29) is 0 Å². The zero-order valence-electron chi connectivity index (χ0n) is 11.7. The molecule has 2 fully saturated rings. The third-order valence-corrected chi connectivity index (χ3v) is 4.52. The summed E-state index contributed by atoms with van der Waals surface area (Å²) in [4.78, 5) is 14.5. The molecule has 0 bridgehead atoms. The van der Waals surface area contributed by atoms with E-state index in [0.717, 1.165) is 38.8 Å². The van der Waals surface area contributed by atoms with Gasteiger partial charge in [0.2, 0.25) is 0 Å². The lowest BCUT2D eigenvalue weighted by atomic mass is 9.88. The Morgan fingerprint density at radius 3 is 2.83 bits per heavy atom. The quantitative estimate of drug-likeness (QED) is 0.682. The lowest BCUT2D eigenvalue weighted by molar-refractivity contribution is -0.123. The van der Waals surface area contributed by atoms with Crippen LogP contribution in [-0.2, 0) is 9.53 Å². The maximum Gasteiger partial charge on any atom is 0.137 e. The maximum absolute atomic E-state index is 11.9. The first-order valence-corrected chi connectivity index (χ1v) is 7.58. The smallest absolute Gasteiger partial charge is 0.137 e. The third kappa shape index (κ3) is 3.55. The van der Waals surface area contributed by atoms with Crippen molar-refractivity contribution >= 4 is 5.78 Å². The molecule has 2 rings (SSSR count). The Morgan fingerprint density at radius 2 is 2.11 bits per heavy atom. The van der Waals surface area contributed by atoms with Gasteiger partial charge in [-0.1, -0.05) is 6.42 Å². The van der Waals surface area contributed by atoms with Crippen molar-refractivity contribution in [3.63, 3.8) is 0 Å². The fraction of sp³-hybridized carbons (Fsp3) is 0.933. The molecule has 0 aromatic heterocycles. The van der Waals surface area contributed by atoms with Crippen molar-refractivity contribution in [3.05, 3.63) is 0 Å². The minimum absolute atomic E-state index is 0.354. The summed E-state index contributed by atoms with van der Waals surface area (Å²) in [6.07, 6.45) is 9.28. The highest BCUT2D eigenvalue weighted by Crippen LogP contribution is 2.32. The van der Waals surface area contributed by atoms with Gasteiger partial charge in [0.1, 0.15) is 5.78 Å². The number of hydrogen-bond donors (Lipinski definition) is 0. The van der Waals surface area contributed by atoms with Gasteiger partial charge in [0.25, 0.3) is 0 Å². The lowest BCUT2D eigenvalue weighted by Gasteiger charge is -2.38. The SMILES string of the molecule is COCCCCN1CCCCC1C1CCCC1=O. The predicted octanol–water partition coefficient (Wildman–Crippen LogP) is 2.64. The number of piperidine rings is 1. The highest BCUT2D eigenvalue weighted by Gasteiger charge is 2.36. The fourth-order valence-corrected chi connectivity index (χ4v) is 3.56. The molecular weight excluding hydrogens is 226 g/mol. The second kappa shape index (κ2) is 7.25. The molecule has 1 aliphatic carbocycles. The van der Waals surface area contributed by atoms with Crippen LogP contribution in [0.4, 0.5) is 0 Å². The van der Waals surface area contributed by atoms with Gasteiger partial charge in [-0.2, -0.15) is 0 Å². The molecule has 3 nitrogen and oxygen atoms in total. The normalized spacial score (nSPS) is 29.9. The van der Waals surface area contributed by atoms with E-state index in [1.165, 1.54) is 32.2 Å². The predicted molar refractivity (Wildman–Crippen MR) is 72.7 cm³/mol. The van der Waals surface area contributed by atoms with Crippen molar-refractivity contribution in [2.45, 2.75) is 57.4 Å². The van der Waals surface area contributed by atoms with Crippen molar-refractivity contribution in [1.82, 2.24) is 4.90 Å². The Hall–Kier alpha value is -0.410. The second-order valence-electron chi connectivity index (χ2n) is 5.76. The van der Waals surface area contributed by atoms with Crippen LogP contribution in [0.1, 0.15) is 51.4 Å². The first-order chi connectivity index (χ1) is 8.83. The first kappa shape index (κ1) is 14.0. The number of nitrogens with zero attached hydrogens (tertiary/aromatic N) is 1. The average molecular weight is 253 g/mol. The number of hydrogen-bond acceptors (Lipinski definition) is 3. The van der Waals surface area contributed by atoms with Gasteiger partial charge < -0.3 is 4.74 Å². The lowest BCUT2D eigenvalue weighted by Crippen LogP contribution is -2.45. The molecule has 2 unspecified atom stereocenters. The van der Waals surface area contributed by atoms with Gasteiger partial charge in [-0.25, -0.2) is 0 Å².